The molecule has 0 saturated heterocycles. The lowest BCUT2D eigenvalue weighted by Gasteiger charge is -2.14. The van der Waals surface area contributed by atoms with Gasteiger partial charge in [0.15, 0.2) is 0 Å². The third-order valence-electron chi connectivity index (χ3n) is 2.26. The molecule has 0 amide bonds. The highest BCUT2D eigenvalue weighted by atomic mass is 79.9. The van der Waals surface area contributed by atoms with Gasteiger partial charge in [0.2, 0.25) is 0 Å². The summed E-state index contributed by atoms with van der Waals surface area (Å²) in [6, 6.07) is 4.06. The Hall–Kier alpha value is -0.100. The molecule has 0 fully saturated rings. The Labute approximate surface area is 119 Å². The van der Waals surface area contributed by atoms with Crippen molar-refractivity contribution in [3.05, 3.63) is 26.6 Å². The Balaban J connectivity index is 2.78. The third-order valence-corrected chi connectivity index (χ3v) is 3.44. The molecule has 1 aromatic carbocycles. The van der Waals surface area contributed by atoms with Crippen LogP contribution in [-0.4, -0.2) is 25.4 Å². The SMILES string of the molecule is CNCc1cc(Br)c(OCC(C)CO)c(Br)c1. The largest absolute Gasteiger partial charge is 0.491 e. The van der Waals surface area contributed by atoms with Crippen molar-refractivity contribution in [1.82, 2.24) is 5.32 Å². The van der Waals surface area contributed by atoms with E-state index >= 15 is 0 Å². The monoisotopic (exact) mass is 365 g/mol. The van der Waals surface area contributed by atoms with Crippen LogP contribution in [0, 0.1) is 5.92 Å². The molecule has 1 rings (SSSR count). The molecule has 0 aromatic heterocycles. The van der Waals surface area contributed by atoms with Crippen LogP contribution in [0.25, 0.3) is 0 Å². The molecule has 1 atom stereocenters. The summed E-state index contributed by atoms with van der Waals surface area (Å²) in [5, 5.41) is 12.1. The summed E-state index contributed by atoms with van der Waals surface area (Å²) in [5.41, 5.74) is 1.17. The van der Waals surface area contributed by atoms with E-state index in [1.807, 2.05) is 26.1 Å². The van der Waals surface area contributed by atoms with E-state index in [2.05, 4.69) is 37.2 Å². The van der Waals surface area contributed by atoms with Crippen LogP contribution in [0.4, 0.5) is 0 Å². The molecule has 0 heterocycles. The molecule has 2 N–H and O–H groups in total. The Bertz CT molecular complexity index is 349. The van der Waals surface area contributed by atoms with E-state index in [4.69, 9.17) is 9.84 Å². The van der Waals surface area contributed by atoms with Crippen LogP contribution in [0.3, 0.4) is 0 Å². The first kappa shape index (κ1) is 15.0. The van der Waals surface area contributed by atoms with Crippen molar-refractivity contribution in [3.8, 4) is 5.75 Å². The van der Waals surface area contributed by atoms with Crippen LogP contribution in [0.15, 0.2) is 21.1 Å². The van der Waals surface area contributed by atoms with Gasteiger partial charge in [-0.15, -0.1) is 0 Å². The summed E-state index contributed by atoms with van der Waals surface area (Å²) in [6.45, 7) is 3.38. The van der Waals surface area contributed by atoms with Gasteiger partial charge in [-0.05, 0) is 56.6 Å². The smallest absolute Gasteiger partial charge is 0.147 e. The van der Waals surface area contributed by atoms with Gasteiger partial charge >= 0.3 is 0 Å². The second kappa shape index (κ2) is 7.36. The van der Waals surface area contributed by atoms with Crippen molar-refractivity contribution < 1.29 is 9.84 Å². The maximum Gasteiger partial charge on any atom is 0.147 e. The minimum absolute atomic E-state index is 0.130. The predicted octanol–water partition coefficient (Wildman–Crippen LogP) is 2.94. The van der Waals surface area contributed by atoms with Gasteiger partial charge in [-0.25, -0.2) is 0 Å². The quantitative estimate of drug-likeness (QED) is 0.813. The van der Waals surface area contributed by atoms with Crippen molar-refractivity contribution in [1.29, 1.82) is 0 Å². The summed E-state index contributed by atoms with van der Waals surface area (Å²) in [4.78, 5) is 0. The molecule has 0 bridgehead atoms. The fourth-order valence-corrected chi connectivity index (χ4v) is 2.84. The van der Waals surface area contributed by atoms with Crippen LogP contribution in [0.2, 0.25) is 0 Å². The summed E-state index contributed by atoms with van der Waals surface area (Å²) in [6.07, 6.45) is 0. The minimum Gasteiger partial charge on any atom is -0.491 e. The first-order valence-corrected chi connectivity index (χ1v) is 7.03. The van der Waals surface area contributed by atoms with Crippen molar-refractivity contribution >= 4 is 31.9 Å². The molecular formula is C12H17Br2NO2. The van der Waals surface area contributed by atoms with Gasteiger partial charge in [0.1, 0.15) is 5.75 Å². The highest BCUT2D eigenvalue weighted by Gasteiger charge is 2.10. The lowest BCUT2D eigenvalue weighted by molar-refractivity contribution is 0.173. The Kier molecular flexibility index (Phi) is 6.48. The lowest BCUT2D eigenvalue weighted by Crippen LogP contribution is -2.13. The third kappa shape index (κ3) is 4.58. The standard InChI is InChI=1S/C12H17Br2NO2/c1-8(6-16)7-17-12-10(13)3-9(5-15-2)4-11(12)14/h3-4,8,15-16H,5-7H2,1-2H3. The normalized spacial score (nSPS) is 12.5. The fraction of sp³-hybridized carbons (Fsp3) is 0.500. The zero-order chi connectivity index (χ0) is 12.8. The van der Waals surface area contributed by atoms with Crippen LogP contribution in [0.1, 0.15) is 12.5 Å². The molecule has 1 unspecified atom stereocenters. The average Bonchev–Trinajstić information content (AvgIpc) is 2.28. The van der Waals surface area contributed by atoms with Crippen molar-refractivity contribution in [2.45, 2.75) is 13.5 Å². The number of nitrogens with one attached hydrogen (secondary N) is 1. The molecule has 1 aromatic rings. The summed E-state index contributed by atoms with van der Waals surface area (Å²) < 4.78 is 7.52. The van der Waals surface area contributed by atoms with Gasteiger partial charge in [-0.1, -0.05) is 6.92 Å². The number of rotatable bonds is 6. The van der Waals surface area contributed by atoms with E-state index in [0.29, 0.717) is 6.61 Å². The van der Waals surface area contributed by atoms with Crippen LogP contribution in [0.5, 0.6) is 5.75 Å². The van der Waals surface area contributed by atoms with E-state index in [1.165, 1.54) is 5.56 Å². The first-order valence-electron chi connectivity index (χ1n) is 5.44. The summed E-state index contributed by atoms with van der Waals surface area (Å²) in [7, 11) is 1.91. The highest BCUT2D eigenvalue weighted by molar-refractivity contribution is 9.11. The fourth-order valence-electron chi connectivity index (χ4n) is 1.33. The number of aliphatic hydroxyl groups excluding tert-OH is 1. The molecule has 17 heavy (non-hydrogen) atoms. The highest BCUT2D eigenvalue weighted by Crippen LogP contribution is 2.35. The molecule has 96 valence electrons. The van der Waals surface area contributed by atoms with Crippen LogP contribution in [-0.2, 0) is 6.54 Å². The number of halogens is 2. The molecule has 0 spiro atoms. The number of hydrogen-bond donors (Lipinski definition) is 2. The number of aliphatic hydroxyl groups is 1. The van der Waals surface area contributed by atoms with E-state index in [9.17, 15) is 0 Å². The van der Waals surface area contributed by atoms with Gasteiger partial charge in [0, 0.05) is 19.1 Å². The van der Waals surface area contributed by atoms with Crippen LogP contribution >= 0.6 is 31.9 Å². The molecule has 0 radical (unpaired) electrons. The topological polar surface area (TPSA) is 41.5 Å². The minimum atomic E-state index is 0.130. The van der Waals surface area contributed by atoms with Gasteiger partial charge < -0.3 is 15.2 Å². The van der Waals surface area contributed by atoms with E-state index in [0.717, 1.165) is 21.2 Å². The zero-order valence-electron chi connectivity index (χ0n) is 9.96. The molecule has 5 heteroatoms. The van der Waals surface area contributed by atoms with Crippen molar-refractivity contribution in [2.24, 2.45) is 5.92 Å². The Morgan fingerprint density at radius 2 is 1.94 bits per heavy atom. The number of benzene rings is 1. The predicted molar refractivity (Wildman–Crippen MR) is 76.4 cm³/mol. The van der Waals surface area contributed by atoms with Gasteiger partial charge in [-0.3, -0.25) is 0 Å². The van der Waals surface area contributed by atoms with E-state index < -0.39 is 0 Å². The summed E-state index contributed by atoms with van der Waals surface area (Å²) in [5.74, 6) is 0.913. The number of hydrogen-bond acceptors (Lipinski definition) is 3. The van der Waals surface area contributed by atoms with Crippen molar-refractivity contribution in [3.63, 3.8) is 0 Å². The second-order valence-corrected chi connectivity index (χ2v) is 5.73. The molecule has 3 nitrogen and oxygen atoms in total. The van der Waals surface area contributed by atoms with Gasteiger partial charge in [-0.2, -0.15) is 0 Å². The maximum atomic E-state index is 8.95. The first-order chi connectivity index (χ1) is 8.08. The van der Waals surface area contributed by atoms with E-state index in [1.54, 1.807) is 0 Å². The lowest BCUT2D eigenvalue weighted by atomic mass is 10.2. The molecule has 0 aliphatic rings. The van der Waals surface area contributed by atoms with Crippen molar-refractivity contribution in [2.75, 3.05) is 20.3 Å². The van der Waals surface area contributed by atoms with Gasteiger partial charge in [0.25, 0.3) is 0 Å². The molecule has 0 aliphatic heterocycles. The Morgan fingerprint density at radius 3 is 2.41 bits per heavy atom. The van der Waals surface area contributed by atoms with Crippen LogP contribution < -0.4 is 10.1 Å². The average molecular weight is 367 g/mol. The summed E-state index contributed by atoms with van der Waals surface area (Å²) >= 11 is 6.99. The van der Waals surface area contributed by atoms with Gasteiger partial charge in [0.05, 0.1) is 15.6 Å². The second-order valence-electron chi connectivity index (χ2n) is 4.02. The zero-order valence-corrected chi connectivity index (χ0v) is 13.1. The molecule has 0 aliphatic carbocycles. The Morgan fingerprint density at radius 1 is 1.35 bits per heavy atom. The number of ether oxygens (including phenoxy) is 1. The van der Waals surface area contributed by atoms with E-state index in [-0.39, 0.29) is 12.5 Å². The molecule has 0 saturated carbocycles. The molecular weight excluding hydrogens is 350 g/mol. The maximum absolute atomic E-state index is 8.95.